The van der Waals surface area contributed by atoms with Crippen LogP contribution in [0, 0.1) is 7.05 Å². The summed E-state index contributed by atoms with van der Waals surface area (Å²) in [5.74, 6) is 0. The van der Waals surface area contributed by atoms with E-state index in [0.29, 0.717) is 0 Å². The minimum atomic E-state index is 0.0394. The van der Waals surface area contributed by atoms with Crippen molar-refractivity contribution in [1.29, 1.82) is 0 Å². The lowest BCUT2D eigenvalue weighted by Gasteiger charge is -2.10. The molecule has 0 saturated carbocycles. The van der Waals surface area contributed by atoms with Gasteiger partial charge in [0.1, 0.15) is 0 Å². The molecule has 0 atom stereocenters. The molecule has 2 aromatic rings. The highest BCUT2D eigenvalue weighted by atomic mass is 16.3. The summed E-state index contributed by atoms with van der Waals surface area (Å²) in [5, 5.41) is 2.94. The third-order valence-corrected chi connectivity index (χ3v) is 1.96. The first-order chi connectivity index (χ1) is 6.42. The van der Waals surface area contributed by atoms with Gasteiger partial charge in [-0.15, -0.1) is 0 Å². The Bertz CT molecular complexity index is 303. The Balaban J connectivity index is 2.29. The van der Waals surface area contributed by atoms with Crippen molar-refractivity contribution in [3.8, 4) is 0 Å². The van der Waals surface area contributed by atoms with Crippen LogP contribution in [0.3, 0.4) is 0 Å². The largest absolute Gasteiger partial charge is 0.472 e. The Kier molecular flexibility index (Phi) is 2.19. The first-order valence-corrected chi connectivity index (χ1v) is 3.98. The van der Waals surface area contributed by atoms with Gasteiger partial charge in [0.25, 0.3) is 0 Å². The molecule has 1 N–H and O–H groups in total. The maximum Gasteiger partial charge on any atom is 0.0953 e. The number of furan rings is 2. The van der Waals surface area contributed by atoms with E-state index < -0.39 is 0 Å². The molecule has 2 aromatic heterocycles. The van der Waals surface area contributed by atoms with Crippen molar-refractivity contribution < 1.29 is 8.83 Å². The van der Waals surface area contributed by atoms with E-state index in [9.17, 15) is 0 Å². The maximum atomic E-state index is 5.00. The Morgan fingerprint density at radius 2 is 1.62 bits per heavy atom. The summed E-state index contributed by atoms with van der Waals surface area (Å²) in [6.45, 7) is 0. The molecule has 3 nitrogen and oxygen atoms in total. The molecule has 0 bridgehead atoms. The normalized spacial score (nSPS) is 10.9. The van der Waals surface area contributed by atoms with Gasteiger partial charge in [0.2, 0.25) is 0 Å². The summed E-state index contributed by atoms with van der Waals surface area (Å²) in [5.41, 5.74) is 2.08. The topological polar surface area (TPSA) is 38.3 Å². The fraction of sp³-hybridized carbons (Fsp3) is 0.100. The predicted molar refractivity (Wildman–Crippen MR) is 47.8 cm³/mol. The van der Waals surface area contributed by atoms with Crippen LogP contribution in [0.5, 0.6) is 0 Å². The van der Waals surface area contributed by atoms with Crippen LogP contribution in [-0.2, 0) is 0 Å². The third-order valence-electron chi connectivity index (χ3n) is 1.96. The molecule has 0 aliphatic rings. The molecule has 0 aliphatic heterocycles. The van der Waals surface area contributed by atoms with Gasteiger partial charge in [0.05, 0.1) is 31.1 Å². The van der Waals surface area contributed by atoms with E-state index >= 15 is 0 Å². The Morgan fingerprint density at radius 3 is 1.92 bits per heavy atom. The Morgan fingerprint density at radius 1 is 1.08 bits per heavy atom. The quantitative estimate of drug-likeness (QED) is 0.780. The Hall–Kier alpha value is -1.48. The van der Waals surface area contributed by atoms with Crippen molar-refractivity contribution in [2.75, 3.05) is 0 Å². The number of hydrogen-bond acceptors (Lipinski definition) is 3. The van der Waals surface area contributed by atoms with Crippen LogP contribution in [0.1, 0.15) is 17.2 Å². The van der Waals surface area contributed by atoms with E-state index in [0.717, 1.165) is 11.1 Å². The van der Waals surface area contributed by atoms with Crippen LogP contribution in [0.25, 0.3) is 0 Å². The molecule has 2 heterocycles. The van der Waals surface area contributed by atoms with E-state index in [2.05, 4.69) is 12.4 Å². The van der Waals surface area contributed by atoms with Gasteiger partial charge in [-0.1, -0.05) is 0 Å². The van der Waals surface area contributed by atoms with Crippen LogP contribution in [0.2, 0.25) is 0 Å². The molecule has 3 heteroatoms. The predicted octanol–water partition coefficient (Wildman–Crippen LogP) is 2.34. The average Bonchev–Trinajstić information content (AvgIpc) is 2.76. The van der Waals surface area contributed by atoms with E-state index in [1.807, 2.05) is 12.1 Å². The molecular weight excluding hydrogens is 166 g/mol. The maximum absolute atomic E-state index is 5.00. The first-order valence-electron chi connectivity index (χ1n) is 3.98. The van der Waals surface area contributed by atoms with Crippen molar-refractivity contribution in [3.05, 3.63) is 55.4 Å². The van der Waals surface area contributed by atoms with Crippen molar-refractivity contribution in [2.45, 2.75) is 6.04 Å². The van der Waals surface area contributed by atoms with Crippen molar-refractivity contribution in [1.82, 2.24) is 5.32 Å². The first kappa shape index (κ1) is 8.13. The molecule has 0 aliphatic carbocycles. The van der Waals surface area contributed by atoms with Crippen LogP contribution in [0.4, 0.5) is 0 Å². The smallest absolute Gasteiger partial charge is 0.0953 e. The zero-order valence-corrected chi connectivity index (χ0v) is 7.07. The Labute approximate surface area is 76.4 Å². The zero-order valence-electron chi connectivity index (χ0n) is 7.07. The van der Waals surface area contributed by atoms with Gasteiger partial charge in [-0.05, 0) is 12.1 Å². The van der Waals surface area contributed by atoms with Gasteiger partial charge in [0.15, 0.2) is 0 Å². The van der Waals surface area contributed by atoms with Crippen LogP contribution >= 0.6 is 0 Å². The lowest BCUT2D eigenvalue weighted by molar-refractivity contribution is 0.551. The second kappa shape index (κ2) is 3.49. The van der Waals surface area contributed by atoms with Gasteiger partial charge < -0.3 is 14.2 Å². The second-order valence-electron chi connectivity index (χ2n) is 2.75. The van der Waals surface area contributed by atoms with Crippen molar-refractivity contribution >= 4 is 0 Å². The standard InChI is InChI=1S/C10H10NO2/c1-11-10(8-2-4-12-6-8)9-3-5-13-7-9/h2-7,10-11H,1H2. The zero-order chi connectivity index (χ0) is 9.10. The summed E-state index contributed by atoms with van der Waals surface area (Å²) in [4.78, 5) is 0. The lowest BCUT2D eigenvalue weighted by Crippen LogP contribution is -2.13. The summed E-state index contributed by atoms with van der Waals surface area (Å²) < 4.78 is 9.99. The highest BCUT2D eigenvalue weighted by molar-refractivity contribution is 5.26. The number of nitrogens with one attached hydrogen (secondary N) is 1. The van der Waals surface area contributed by atoms with E-state index in [4.69, 9.17) is 8.83 Å². The molecule has 13 heavy (non-hydrogen) atoms. The van der Waals surface area contributed by atoms with Crippen LogP contribution in [0.15, 0.2) is 46.0 Å². The van der Waals surface area contributed by atoms with Gasteiger partial charge in [-0.25, -0.2) is 0 Å². The van der Waals surface area contributed by atoms with Gasteiger partial charge in [0, 0.05) is 18.2 Å². The fourth-order valence-corrected chi connectivity index (χ4v) is 1.31. The summed E-state index contributed by atoms with van der Waals surface area (Å²) in [6, 6.07) is 3.84. The SMILES string of the molecule is [CH2]NC(c1ccoc1)c1ccoc1. The molecule has 1 radical (unpaired) electrons. The van der Waals surface area contributed by atoms with E-state index in [1.165, 1.54) is 0 Å². The molecule has 0 fully saturated rings. The van der Waals surface area contributed by atoms with Crippen LogP contribution in [-0.4, -0.2) is 0 Å². The molecule has 0 spiro atoms. The number of hydrogen-bond donors (Lipinski definition) is 1. The lowest BCUT2D eigenvalue weighted by atomic mass is 10.1. The highest BCUT2D eigenvalue weighted by Gasteiger charge is 2.13. The molecule has 2 rings (SSSR count). The minimum absolute atomic E-state index is 0.0394. The molecule has 0 amide bonds. The molecule has 67 valence electrons. The highest BCUT2D eigenvalue weighted by Crippen LogP contribution is 2.22. The van der Waals surface area contributed by atoms with Gasteiger partial charge >= 0.3 is 0 Å². The average molecular weight is 176 g/mol. The van der Waals surface area contributed by atoms with Crippen LogP contribution < -0.4 is 5.32 Å². The van der Waals surface area contributed by atoms with Gasteiger partial charge in [-0.2, -0.15) is 0 Å². The molecular formula is C10H10NO2. The monoisotopic (exact) mass is 176 g/mol. The van der Waals surface area contributed by atoms with Crippen molar-refractivity contribution in [2.24, 2.45) is 0 Å². The fourth-order valence-electron chi connectivity index (χ4n) is 1.31. The van der Waals surface area contributed by atoms with Gasteiger partial charge in [-0.3, -0.25) is 0 Å². The molecule has 0 saturated heterocycles. The molecule has 0 aromatic carbocycles. The molecule has 0 unspecified atom stereocenters. The number of rotatable bonds is 3. The summed E-state index contributed by atoms with van der Waals surface area (Å²) in [6.07, 6.45) is 6.66. The third kappa shape index (κ3) is 1.51. The summed E-state index contributed by atoms with van der Waals surface area (Å²) >= 11 is 0. The second-order valence-corrected chi connectivity index (χ2v) is 2.75. The van der Waals surface area contributed by atoms with Crippen molar-refractivity contribution in [3.63, 3.8) is 0 Å². The van der Waals surface area contributed by atoms with E-state index in [-0.39, 0.29) is 6.04 Å². The minimum Gasteiger partial charge on any atom is -0.472 e. The van der Waals surface area contributed by atoms with E-state index in [1.54, 1.807) is 25.1 Å². The summed E-state index contributed by atoms with van der Waals surface area (Å²) in [7, 11) is 3.66.